The summed E-state index contributed by atoms with van der Waals surface area (Å²) in [5.41, 5.74) is 1.11. The second-order valence-corrected chi connectivity index (χ2v) is 3.41. The maximum absolute atomic E-state index is 5.51. The predicted molar refractivity (Wildman–Crippen MR) is 60.3 cm³/mol. The molecule has 1 heterocycles. The minimum atomic E-state index is -0.0699. The van der Waals surface area contributed by atoms with Crippen molar-refractivity contribution in [1.29, 1.82) is 0 Å². The van der Waals surface area contributed by atoms with Crippen molar-refractivity contribution < 1.29 is 14.2 Å². The highest BCUT2D eigenvalue weighted by Crippen LogP contribution is 2.13. The van der Waals surface area contributed by atoms with E-state index < -0.39 is 0 Å². The predicted octanol–water partition coefficient (Wildman–Crippen LogP) is 2.60. The molecule has 1 aliphatic heterocycles. The van der Waals surface area contributed by atoms with E-state index in [1.807, 2.05) is 36.4 Å². The van der Waals surface area contributed by atoms with Crippen LogP contribution in [-0.4, -0.2) is 13.2 Å². The summed E-state index contributed by atoms with van der Waals surface area (Å²) < 4.78 is 15.9. The molecule has 1 aromatic rings. The van der Waals surface area contributed by atoms with Gasteiger partial charge in [0.05, 0.1) is 6.26 Å². The fourth-order valence-corrected chi connectivity index (χ4v) is 1.37. The van der Waals surface area contributed by atoms with Crippen LogP contribution in [0.5, 0.6) is 0 Å². The molecule has 3 nitrogen and oxygen atoms in total. The number of hydrogen-bond acceptors (Lipinski definition) is 3. The van der Waals surface area contributed by atoms with Crippen molar-refractivity contribution in [3.63, 3.8) is 0 Å². The molecule has 2 rings (SSSR count). The van der Waals surface area contributed by atoms with Crippen LogP contribution in [0.2, 0.25) is 0 Å². The molecule has 0 aliphatic carbocycles. The van der Waals surface area contributed by atoms with Crippen LogP contribution in [0.4, 0.5) is 0 Å². The van der Waals surface area contributed by atoms with Gasteiger partial charge in [0.1, 0.15) is 12.7 Å². The van der Waals surface area contributed by atoms with Crippen LogP contribution < -0.4 is 0 Å². The molecular weight excluding hydrogens is 204 g/mol. The van der Waals surface area contributed by atoms with Crippen molar-refractivity contribution in [3.05, 3.63) is 60.3 Å². The molecule has 0 amide bonds. The Morgan fingerprint density at radius 3 is 2.81 bits per heavy atom. The average Bonchev–Trinajstić information content (AvgIpc) is 2.38. The largest absolute Gasteiger partial charge is 0.460 e. The van der Waals surface area contributed by atoms with E-state index >= 15 is 0 Å². The van der Waals surface area contributed by atoms with Crippen LogP contribution in [0.15, 0.2) is 54.7 Å². The van der Waals surface area contributed by atoms with Crippen molar-refractivity contribution in [2.24, 2.45) is 0 Å². The Balaban J connectivity index is 1.89. The van der Waals surface area contributed by atoms with Gasteiger partial charge in [-0.15, -0.1) is 0 Å². The molecule has 1 aromatic carbocycles. The number of hydrogen-bond donors (Lipinski definition) is 0. The zero-order valence-corrected chi connectivity index (χ0v) is 9.13. The molecule has 84 valence electrons. The number of rotatable bonds is 4. The first-order valence-corrected chi connectivity index (χ1v) is 5.13. The number of ether oxygens (including phenoxy) is 3. The summed E-state index contributed by atoms with van der Waals surface area (Å²) in [4.78, 5) is 0. The van der Waals surface area contributed by atoms with Crippen LogP contribution in [0, 0.1) is 0 Å². The van der Waals surface area contributed by atoms with Gasteiger partial charge in [0.25, 0.3) is 5.95 Å². The summed E-state index contributed by atoms with van der Waals surface area (Å²) in [5, 5.41) is 0. The quantitative estimate of drug-likeness (QED) is 0.777. The number of benzene rings is 1. The Morgan fingerprint density at radius 2 is 2.06 bits per heavy atom. The summed E-state index contributed by atoms with van der Waals surface area (Å²) >= 11 is 0. The highest BCUT2D eigenvalue weighted by atomic mass is 16.7. The van der Waals surface area contributed by atoms with Crippen LogP contribution >= 0.6 is 0 Å². The molecule has 1 atom stereocenters. The molecule has 0 fully saturated rings. The summed E-state index contributed by atoms with van der Waals surface area (Å²) in [6.45, 7) is 0.497. The normalized spacial score (nSPS) is 18.8. The van der Waals surface area contributed by atoms with E-state index in [1.54, 1.807) is 19.4 Å². The lowest BCUT2D eigenvalue weighted by molar-refractivity contribution is 0.0545. The van der Waals surface area contributed by atoms with Gasteiger partial charge in [-0.3, -0.25) is 0 Å². The molecule has 0 N–H and O–H groups in total. The first-order valence-electron chi connectivity index (χ1n) is 5.13. The van der Waals surface area contributed by atoms with Crippen molar-refractivity contribution >= 4 is 0 Å². The van der Waals surface area contributed by atoms with E-state index in [9.17, 15) is 0 Å². The fourth-order valence-electron chi connectivity index (χ4n) is 1.37. The van der Waals surface area contributed by atoms with Crippen LogP contribution in [0.25, 0.3) is 0 Å². The van der Waals surface area contributed by atoms with E-state index in [1.165, 1.54) is 0 Å². The molecule has 0 aromatic heterocycles. The molecule has 1 unspecified atom stereocenters. The zero-order valence-electron chi connectivity index (χ0n) is 9.13. The van der Waals surface area contributed by atoms with E-state index in [-0.39, 0.29) is 6.10 Å². The molecule has 0 bridgehead atoms. The van der Waals surface area contributed by atoms with Crippen molar-refractivity contribution in [3.8, 4) is 0 Å². The van der Waals surface area contributed by atoms with E-state index in [2.05, 4.69) is 0 Å². The first-order chi connectivity index (χ1) is 7.88. The van der Waals surface area contributed by atoms with E-state index in [4.69, 9.17) is 14.2 Å². The summed E-state index contributed by atoms with van der Waals surface area (Å²) in [5.74, 6) is 0.484. The lowest BCUT2D eigenvalue weighted by Gasteiger charge is -2.15. The monoisotopic (exact) mass is 218 g/mol. The summed E-state index contributed by atoms with van der Waals surface area (Å²) in [6, 6.07) is 9.95. The van der Waals surface area contributed by atoms with Gasteiger partial charge < -0.3 is 14.2 Å². The molecular formula is C13H14O3. The second-order valence-electron chi connectivity index (χ2n) is 3.41. The fraction of sp³-hybridized carbons (Fsp3) is 0.231. The van der Waals surface area contributed by atoms with E-state index in [0.29, 0.717) is 12.6 Å². The van der Waals surface area contributed by atoms with Crippen molar-refractivity contribution in [2.75, 3.05) is 7.11 Å². The Bertz CT molecular complexity index is 381. The van der Waals surface area contributed by atoms with Crippen LogP contribution in [-0.2, 0) is 20.8 Å². The minimum Gasteiger partial charge on any atom is -0.460 e. The highest BCUT2D eigenvalue weighted by Gasteiger charge is 2.09. The van der Waals surface area contributed by atoms with Crippen LogP contribution in [0.3, 0.4) is 0 Å². The van der Waals surface area contributed by atoms with Gasteiger partial charge in [0.15, 0.2) is 0 Å². The Labute approximate surface area is 94.9 Å². The third-order valence-corrected chi connectivity index (χ3v) is 2.25. The van der Waals surface area contributed by atoms with Gasteiger partial charge in [0, 0.05) is 13.2 Å². The van der Waals surface area contributed by atoms with Gasteiger partial charge in [-0.25, -0.2) is 0 Å². The van der Waals surface area contributed by atoms with Crippen LogP contribution in [0.1, 0.15) is 5.56 Å². The summed E-state index contributed by atoms with van der Waals surface area (Å²) in [7, 11) is 1.64. The first kappa shape index (κ1) is 10.8. The van der Waals surface area contributed by atoms with Crippen molar-refractivity contribution in [1.82, 2.24) is 0 Å². The molecule has 1 aliphatic rings. The van der Waals surface area contributed by atoms with Gasteiger partial charge in [-0.1, -0.05) is 30.3 Å². The minimum absolute atomic E-state index is 0.0699. The molecule has 0 radical (unpaired) electrons. The third-order valence-electron chi connectivity index (χ3n) is 2.25. The molecule has 0 spiro atoms. The molecule has 16 heavy (non-hydrogen) atoms. The number of methoxy groups -OCH3 is 1. The molecule has 3 heteroatoms. The average molecular weight is 218 g/mol. The van der Waals surface area contributed by atoms with Gasteiger partial charge in [0.2, 0.25) is 0 Å². The highest BCUT2D eigenvalue weighted by molar-refractivity contribution is 5.14. The van der Waals surface area contributed by atoms with Gasteiger partial charge in [-0.2, -0.15) is 0 Å². The molecule has 0 saturated heterocycles. The topological polar surface area (TPSA) is 27.7 Å². The van der Waals surface area contributed by atoms with Gasteiger partial charge in [-0.05, 0) is 11.6 Å². The molecule has 0 saturated carbocycles. The Morgan fingerprint density at radius 1 is 1.25 bits per heavy atom. The SMILES string of the molecule is COC1C=COC(OCc2ccccc2)=C1. The van der Waals surface area contributed by atoms with Gasteiger partial charge >= 0.3 is 0 Å². The Hall–Kier alpha value is -1.74. The third kappa shape index (κ3) is 2.87. The smallest absolute Gasteiger partial charge is 0.283 e. The van der Waals surface area contributed by atoms with Crippen molar-refractivity contribution in [2.45, 2.75) is 12.7 Å². The van der Waals surface area contributed by atoms with E-state index in [0.717, 1.165) is 5.56 Å². The zero-order chi connectivity index (χ0) is 11.2. The maximum atomic E-state index is 5.51. The Kier molecular flexibility index (Phi) is 3.62. The second kappa shape index (κ2) is 5.37. The lowest BCUT2D eigenvalue weighted by atomic mass is 10.2. The standard InChI is InChI=1S/C13H14O3/c1-14-12-7-8-15-13(9-12)16-10-11-5-3-2-4-6-11/h2-9,12H,10H2,1H3. The summed E-state index contributed by atoms with van der Waals surface area (Å²) in [6.07, 6.45) is 5.12. The maximum Gasteiger partial charge on any atom is 0.283 e. The lowest BCUT2D eigenvalue weighted by Crippen LogP contribution is -2.10.